The molecule has 2 unspecified atom stereocenters. The van der Waals surface area contributed by atoms with Gasteiger partial charge in [0, 0.05) is 36.2 Å². The van der Waals surface area contributed by atoms with Gasteiger partial charge in [-0.2, -0.15) is 0 Å². The molecule has 1 aromatic carbocycles. The van der Waals surface area contributed by atoms with Gasteiger partial charge in [-0.3, -0.25) is 4.90 Å². The van der Waals surface area contributed by atoms with Crippen molar-refractivity contribution in [1.29, 1.82) is 0 Å². The third-order valence-corrected chi connectivity index (χ3v) is 4.39. The molecule has 2 rings (SSSR count). The molecule has 0 amide bonds. The summed E-state index contributed by atoms with van der Waals surface area (Å²) in [5.41, 5.74) is 1.30. The molecule has 20 heavy (non-hydrogen) atoms. The molecule has 3 nitrogen and oxygen atoms in total. The number of nitrogens with one attached hydrogen (secondary N) is 1. The fourth-order valence-electron chi connectivity index (χ4n) is 2.54. The second-order valence-corrected chi connectivity index (χ2v) is 6.68. The van der Waals surface area contributed by atoms with E-state index >= 15 is 0 Å². The van der Waals surface area contributed by atoms with Crippen molar-refractivity contribution < 1.29 is 4.74 Å². The molecule has 1 N–H and O–H groups in total. The van der Waals surface area contributed by atoms with E-state index in [2.05, 4.69) is 71.2 Å². The van der Waals surface area contributed by atoms with Crippen LogP contribution in [0.3, 0.4) is 0 Å². The maximum Gasteiger partial charge on any atom is 0.0827 e. The summed E-state index contributed by atoms with van der Waals surface area (Å²) >= 11 is 3.52. The molecular formula is C16H25BrN2O. The molecule has 1 aromatic rings. The first-order chi connectivity index (χ1) is 9.56. The molecule has 2 atom stereocenters. The zero-order chi connectivity index (χ0) is 14.5. The highest BCUT2D eigenvalue weighted by molar-refractivity contribution is 9.10. The van der Waals surface area contributed by atoms with Crippen LogP contribution in [0.15, 0.2) is 28.7 Å². The number of benzene rings is 1. The summed E-state index contributed by atoms with van der Waals surface area (Å²) in [6, 6.07) is 9.40. The first-order valence-electron chi connectivity index (χ1n) is 7.40. The number of morpholine rings is 1. The van der Waals surface area contributed by atoms with Gasteiger partial charge in [0.15, 0.2) is 0 Å². The van der Waals surface area contributed by atoms with Crippen LogP contribution in [-0.4, -0.2) is 43.3 Å². The third kappa shape index (κ3) is 4.55. The van der Waals surface area contributed by atoms with Crippen LogP contribution < -0.4 is 5.32 Å². The van der Waals surface area contributed by atoms with Crippen LogP contribution in [0.4, 0.5) is 0 Å². The van der Waals surface area contributed by atoms with Crippen molar-refractivity contribution in [3.05, 3.63) is 34.3 Å². The zero-order valence-corrected chi connectivity index (χ0v) is 14.2. The maximum absolute atomic E-state index is 5.85. The van der Waals surface area contributed by atoms with Gasteiger partial charge in [0.05, 0.1) is 12.7 Å². The molecule has 1 aliphatic rings. The van der Waals surface area contributed by atoms with E-state index in [1.165, 1.54) is 5.56 Å². The lowest BCUT2D eigenvalue weighted by Gasteiger charge is -2.36. The molecule has 1 saturated heterocycles. The average Bonchev–Trinajstić information content (AvgIpc) is 2.45. The normalized spacial score (nSPS) is 22.1. The molecule has 0 aliphatic carbocycles. The van der Waals surface area contributed by atoms with Gasteiger partial charge >= 0.3 is 0 Å². The first kappa shape index (κ1) is 16.0. The van der Waals surface area contributed by atoms with Gasteiger partial charge in [-0.1, -0.05) is 28.1 Å². The van der Waals surface area contributed by atoms with Crippen molar-refractivity contribution >= 4 is 15.9 Å². The molecule has 0 spiro atoms. The van der Waals surface area contributed by atoms with Crippen LogP contribution in [0.2, 0.25) is 0 Å². The Kier molecular flexibility index (Phi) is 6.02. The Labute approximate surface area is 130 Å². The van der Waals surface area contributed by atoms with Crippen molar-refractivity contribution in [2.24, 2.45) is 0 Å². The summed E-state index contributed by atoms with van der Waals surface area (Å²) in [5.74, 6) is 0. The maximum atomic E-state index is 5.85. The van der Waals surface area contributed by atoms with E-state index in [9.17, 15) is 0 Å². The molecule has 0 aromatic heterocycles. The molecule has 0 radical (unpaired) electrons. The van der Waals surface area contributed by atoms with Gasteiger partial charge in [0.2, 0.25) is 0 Å². The largest absolute Gasteiger partial charge is 0.374 e. The fourth-order valence-corrected chi connectivity index (χ4v) is 2.95. The van der Waals surface area contributed by atoms with Gasteiger partial charge in [0.1, 0.15) is 0 Å². The summed E-state index contributed by atoms with van der Waals surface area (Å²) in [7, 11) is 0. The summed E-state index contributed by atoms with van der Waals surface area (Å²) in [6.07, 6.45) is 0.292. The number of hydrogen-bond donors (Lipinski definition) is 1. The van der Waals surface area contributed by atoms with Gasteiger partial charge in [-0.05, 0) is 38.5 Å². The van der Waals surface area contributed by atoms with Crippen LogP contribution in [0.1, 0.15) is 32.4 Å². The standard InChI is InChI=1S/C16H25BrN2O/c1-12(2)19-7-8-20-16(11-19)10-18-13(3)14-5-4-6-15(17)9-14/h4-6,9,12-13,16,18H,7-8,10-11H2,1-3H3. The van der Waals surface area contributed by atoms with Gasteiger partial charge in [-0.25, -0.2) is 0 Å². The Morgan fingerprint density at radius 2 is 2.20 bits per heavy atom. The number of nitrogens with zero attached hydrogens (tertiary/aromatic N) is 1. The topological polar surface area (TPSA) is 24.5 Å². The summed E-state index contributed by atoms with van der Waals surface area (Å²) in [5, 5.41) is 3.58. The van der Waals surface area contributed by atoms with Crippen molar-refractivity contribution in [3.8, 4) is 0 Å². The predicted molar refractivity (Wildman–Crippen MR) is 87.0 cm³/mol. The minimum Gasteiger partial charge on any atom is -0.374 e. The fraction of sp³-hybridized carbons (Fsp3) is 0.625. The van der Waals surface area contributed by atoms with Crippen molar-refractivity contribution in [3.63, 3.8) is 0 Å². The van der Waals surface area contributed by atoms with Crippen molar-refractivity contribution in [2.75, 3.05) is 26.2 Å². The van der Waals surface area contributed by atoms with Crippen molar-refractivity contribution in [1.82, 2.24) is 10.2 Å². The molecule has 112 valence electrons. The Morgan fingerprint density at radius 3 is 2.90 bits per heavy atom. The lowest BCUT2D eigenvalue weighted by Crippen LogP contribution is -2.49. The predicted octanol–water partition coefficient (Wildman–Crippen LogP) is 3.21. The lowest BCUT2D eigenvalue weighted by atomic mass is 10.1. The highest BCUT2D eigenvalue weighted by Gasteiger charge is 2.22. The Morgan fingerprint density at radius 1 is 1.40 bits per heavy atom. The Bertz CT molecular complexity index is 425. The number of hydrogen-bond acceptors (Lipinski definition) is 3. The van der Waals surface area contributed by atoms with Crippen LogP contribution >= 0.6 is 15.9 Å². The second kappa shape index (κ2) is 7.55. The van der Waals surface area contributed by atoms with Gasteiger partial charge in [-0.15, -0.1) is 0 Å². The quantitative estimate of drug-likeness (QED) is 0.890. The second-order valence-electron chi connectivity index (χ2n) is 5.77. The summed E-state index contributed by atoms with van der Waals surface area (Å²) in [4.78, 5) is 2.49. The van der Waals surface area contributed by atoms with E-state index in [4.69, 9.17) is 4.74 Å². The zero-order valence-electron chi connectivity index (χ0n) is 12.6. The minimum absolute atomic E-state index is 0.292. The monoisotopic (exact) mass is 340 g/mol. The third-order valence-electron chi connectivity index (χ3n) is 3.90. The van der Waals surface area contributed by atoms with Crippen LogP contribution in [-0.2, 0) is 4.74 Å². The first-order valence-corrected chi connectivity index (χ1v) is 8.20. The summed E-state index contributed by atoms with van der Waals surface area (Å²) in [6.45, 7) is 10.5. The Balaban J connectivity index is 1.82. The van der Waals surface area contributed by atoms with Crippen LogP contribution in [0.5, 0.6) is 0 Å². The molecule has 1 aliphatic heterocycles. The lowest BCUT2D eigenvalue weighted by molar-refractivity contribution is -0.0379. The van der Waals surface area contributed by atoms with Gasteiger partial charge in [0.25, 0.3) is 0 Å². The summed E-state index contributed by atoms with van der Waals surface area (Å²) < 4.78 is 6.98. The van der Waals surface area contributed by atoms with E-state index in [0.717, 1.165) is 30.7 Å². The SMILES string of the molecule is CC(NCC1CN(C(C)C)CCO1)c1cccc(Br)c1. The molecular weight excluding hydrogens is 316 g/mol. The van der Waals surface area contributed by atoms with E-state index < -0.39 is 0 Å². The highest BCUT2D eigenvalue weighted by atomic mass is 79.9. The number of ether oxygens (including phenoxy) is 1. The van der Waals surface area contributed by atoms with Crippen molar-refractivity contribution in [2.45, 2.75) is 39.0 Å². The van der Waals surface area contributed by atoms with Crippen LogP contribution in [0.25, 0.3) is 0 Å². The molecule has 4 heteroatoms. The number of halogens is 1. The Hall–Kier alpha value is -0.420. The molecule has 1 heterocycles. The van der Waals surface area contributed by atoms with Crippen LogP contribution in [0, 0.1) is 0 Å². The van der Waals surface area contributed by atoms with E-state index in [-0.39, 0.29) is 0 Å². The smallest absolute Gasteiger partial charge is 0.0827 e. The van der Waals surface area contributed by atoms with Gasteiger partial charge < -0.3 is 10.1 Å². The van der Waals surface area contributed by atoms with E-state index in [0.29, 0.717) is 18.2 Å². The molecule has 1 fully saturated rings. The highest BCUT2D eigenvalue weighted by Crippen LogP contribution is 2.18. The molecule has 0 bridgehead atoms. The van der Waals surface area contributed by atoms with E-state index in [1.54, 1.807) is 0 Å². The minimum atomic E-state index is 0.292. The molecule has 0 saturated carbocycles. The average molecular weight is 341 g/mol. The van der Waals surface area contributed by atoms with E-state index in [1.807, 2.05) is 0 Å². The number of rotatable bonds is 5.